The Balaban J connectivity index is 1.98. The van der Waals surface area contributed by atoms with E-state index in [1.165, 1.54) is 11.1 Å². The van der Waals surface area contributed by atoms with Gasteiger partial charge in [0.15, 0.2) is 0 Å². The van der Waals surface area contributed by atoms with Crippen LogP contribution in [0.5, 0.6) is 0 Å². The standard InChI is InChI=1S/C17H18N2O/c1-12(2)13-6-5-8-16-14(13)9-11-19(16)17(20)15-7-3-4-10-18-15/h3-8,10,12H,9,11H2,1-2H3. The second-order valence-corrected chi connectivity index (χ2v) is 5.42. The molecule has 2 heterocycles. The van der Waals surface area contributed by atoms with E-state index in [0.717, 1.165) is 18.7 Å². The number of rotatable bonds is 2. The van der Waals surface area contributed by atoms with Gasteiger partial charge in [-0.05, 0) is 41.7 Å². The molecule has 0 fully saturated rings. The van der Waals surface area contributed by atoms with Crippen molar-refractivity contribution in [2.75, 3.05) is 11.4 Å². The molecular weight excluding hydrogens is 248 g/mol. The fraction of sp³-hybridized carbons (Fsp3) is 0.294. The average Bonchev–Trinajstić information content (AvgIpc) is 2.91. The number of carbonyl (C=O) groups is 1. The number of pyridine rings is 1. The summed E-state index contributed by atoms with van der Waals surface area (Å²) in [6, 6.07) is 11.7. The third-order valence-corrected chi connectivity index (χ3v) is 3.81. The molecule has 2 aromatic rings. The molecule has 20 heavy (non-hydrogen) atoms. The Morgan fingerprint density at radius 1 is 1.20 bits per heavy atom. The van der Waals surface area contributed by atoms with E-state index in [1.807, 2.05) is 29.2 Å². The summed E-state index contributed by atoms with van der Waals surface area (Å²) in [6.45, 7) is 5.13. The molecule has 0 radical (unpaired) electrons. The quantitative estimate of drug-likeness (QED) is 0.834. The van der Waals surface area contributed by atoms with Gasteiger partial charge in [0, 0.05) is 18.4 Å². The smallest absolute Gasteiger partial charge is 0.276 e. The average molecular weight is 266 g/mol. The molecule has 0 atom stereocenters. The highest BCUT2D eigenvalue weighted by Crippen LogP contribution is 2.34. The maximum atomic E-state index is 12.6. The molecule has 0 saturated carbocycles. The molecule has 0 unspecified atom stereocenters. The Labute approximate surface area is 119 Å². The molecule has 0 N–H and O–H groups in total. The molecule has 0 saturated heterocycles. The third-order valence-electron chi connectivity index (χ3n) is 3.81. The lowest BCUT2D eigenvalue weighted by molar-refractivity contribution is 0.0984. The van der Waals surface area contributed by atoms with Crippen LogP contribution in [0, 0.1) is 0 Å². The van der Waals surface area contributed by atoms with Crippen molar-refractivity contribution in [1.29, 1.82) is 0 Å². The van der Waals surface area contributed by atoms with Gasteiger partial charge in [0.2, 0.25) is 0 Å². The maximum Gasteiger partial charge on any atom is 0.276 e. The van der Waals surface area contributed by atoms with Crippen molar-refractivity contribution < 1.29 is 4.79 Å². The van der Waals surface area contributed by atoms with E-state index in [9.17, 15) is 4.79 Å². The molecule has 3 rings (SSSR count). The van der Waals surface area contributed by atoms with E-state index in [4.69, 9.17) is 0 Å². The Kier molecular flexibility index (Phi) is 3.26. The van der Waals surface area contributed by atoms with Gasteiger partial charge >= 0.3 is 0 Å². The first kappa shape index (κ1) is 12.9. The number of benzene rings is 1. The molecule has 3 nitrogen and oxygen atoms in total. The van der Waals surface area contributed by atoms with E-state index in [2.05, 4.69) is 24.9 Å². The summed E-state index contributed by atoms with van der Waals surface area (Å²) in [5, 5.41) is 0. The van der Waals surface area contributed by atoms with Crippen LogP contribution in [0.3, 0.4) is 0 Å². The molecule has 1 aliphatic rings. The van der Waals surface area contributed by atoms with Crippen molar-refractivity contribution in [3.8, 4) is 0 Å². The first-order valence-electron chi connectivity index (χ1n) is 7.03. The Bertz CT molecular complexity index is 635. The number of anilines is 1. The van der Waals surface area contributed by atoms with Gasteiger partial charge in [-0.25, -0.2) is 0 Å². The zero-order valence-corrected chi connectivity index (χ0v) is 11.8. The third kappa shape index (κ3) is 2.09. The van der Waals surface area contributed by atoms with Gasteiger partial charge in [-0.2, -0.15) is 0 Å². The van der Waals surface area contributed by atoms with Crippen LogP contribution in [0.2, 0.25) is 0 Å². The molecule has 0 aliphatic carbocycles. The zero-order valence-electron chi connectivity index (χ0n) is 11.8. The minimum Gasteiger partial charge on any atom is -0.306 e. The zero-order chi connectivity index (χ0) is 14.1. The van der Waals surface area contributed by atoms with Gasteiger partial charge in [0.1, 0.15) is 5.69 Å². The normalized spacial score (nSPS) is 13.7. The van der Waals surface area contributed by atoms with Crippen LogP contribution in [0.15, 0.2) is 42.6 Å². The summed E-state index contributed by atoms with van der Waals surface area (Å²) in [7, 11) is 0. The molecule has 0 bridgehead atoms. The van der Waals surface area contributed by atoms with Crippen LogP contribution >= 0.6 is 0 Å². The number of amides is 1. The Hall–Kier alpha value is -2.16. The number of aromatic nitrogens is 1. The second kappa shape index (κ2) is 5.08. The summed E-state index contributed by atoms with van der Waals surface area (Å²) < 4.78 is 0. The number of hydrogen-bond acceptors (Lipinski definition) is 2. The van der Waals surface area contributed by atoms with Gasteiger partial charge in [-0.1, -0.05) is 32.0 Å². The lowest BCUT2D eigenvalue weighted by atomic mass is 9.95. The summed E-state index contributed by atoms with van der Waals surface area (Å²) >= 11 is 0. The molecule has 3 heteroatoms. The van der Waals surface area contributed by atoms with Crippen LogP contribution in [-0.2, 0) is 6.42 Å². The minimum absolute atomic E-state index is 0.00902. The van der Waals surface area contributed by atoms with E-state index < -0.39 is 0 Å². The second-order valence-electron chi connectivity index (χ2n) is 5.42. The summed E-state index contributed by atoms with van der Waals surface area (Å²) in [5.74, 6) is 0.472. The highest BCUT2D eigenvalue weighted by Gasteiger charge is 2.28. The number of carbonyl (C=O) groups excluding carboxylic acids is 1. The predicted molar refractivity (Wildman–Crippen MR) is 80.1 cm³/mol. The lowest BCUT2D eigenvalue weighted by Crippen LogP contribution is -2.29. The molecule has 1 amide bonds. The van der Waals surface area contributed by atoms with Crippen LogP contribution in [0.25, 0.3) is 0 Å². The molecule has 1 aromatic heterocycles. The Morgan fingerprint density at radius 2 is 2.05 bits per heavy atom. The molecule has 1 aliphatic heterocycles. The maximum absolute atomic E-state index is 12.6. The van der Waals surface area contributed by atoms with Crippen molar-refractivity contribution in [3.63, 3.8) is 0 Å². The lowest BCUT2D eigenvalue weighted by Gasteiger charge is -2.18. The van der Waals surface area contributed by atoms with Crippen molar-refractivity contribution >= 4 is 11.6 Å². The first-order chi connectivity index (χ1) is 9.68. The summed E-state index contributed by atoms with van der Waals surface area (Å²) in [4.78, 5) is 18.6. The monoisotopic (exact) mass is 266 g/mol. The van der Waals surface area contributed by atoms with Crippen LogP contribution in [0.4, 0.5) is 5.69 Å². The van der Waals surface area contributed by atoms with E-state index in [0.29, 0.717) is 11.6 Å². The van der Waals surface area contributed by atoms with Gasteiger partial charge in [-0.3, -0.25) is 9.78 Å². The van der Waals surface area contributed by atoms with Crippen molar-refractivity contribution in [1.82, 2.24) is 4.98 Å². The van der Waals surface area contributed by atoms with E-state index in [-0.39, 0.29) is 5.91 Å². The predicted octanol–water partition coefficient (Wildman–Crippen LogP) is 3.41. The highest BCUT2D eigenvalue weighted by atomic mass is 16.2. The van der Waals surface area contributed by atoms with E-state index >= 15 is 0 Å². The van der Waals surface area contributed by atoms with E-state index in [1.54, 1.807) is 12.3 Å². The fourth-order valence-corrected chi connectivity index (χ4v) is 2.84. The van der Waals surface area contributed by atoms with Crippen molar-refractivity contribution in [2.45, 2.75) is 26.2 Å². The fourth-order valence-electron chi connectivity index (χ4n) is 2.84. The van der Waals surface area contributed by atoms with Crippen molar-refractivity contribution in [3.05, 3.63) is 59.4 Å². The number of fused-ring (bicyclic) bond motifs is 1. The van der Waals surface area contributed by atoms with Crippen LogP contribution in [-0.4, -0.2) is 17.4 Å². The summed E-state index contributed by atoms with van der Waals surface area (Å²) in [5.41, 5.74) is 4.22. The number of hydrogen-bond donors (Lipinski definition) is 0. The summed E-state index contributed by atoms with van der Waals surface area (Å²) in [6.07, 6.45) is 2.59. The van der Waals surface area contributed by atoms with Gasteiger partial charge < -0.3 is 4.90 Å². The molecule has 102 valence electrons. The first-order valence-corrected chi connectivity index (χ1v) is 7.03. The number of nitrogens with zero attached hydrogens (tertiary/aromatic N) is 2. The molecule has 1 aromatic carbocycles. The molecule has 0 spiro atoms. The van der Waals surface area contributed by atoms with Gasteiger partial charge in [0.25, 0.3) is 5.91 Å². The SMILES string of the molecule is CC(C)c1cccc2c1CCN2C(=O)c1ccccn1. The largest absolute Gasteiger partial charge is 0.306 e. The highest BCUT2D eigenvalue weighted by molar-refractivity contribution is 6.06. The topological polar surface area (TPSA) is 33.2 Å². The van der Waals surface area contributed by atoms with Crippen molar-refractivity contribution in [2.24, 2.45) is 0 Å². The minimum atomic E-state index is -0.00902. The Morgan fingerprint density at radius 3 is 2.75 bits per heavy atom. The van der Waals surface area contributed by atoms with Crippen LogP contribution < -0.4 is 4.90 Å². The van der Waals surface area contributed by atoms with Gasteiger partial charge in [-0.15, -0.1) is 0 Å². The molecular formula is C17H18N2O. The van der Waals surface area contributed by atoms with Gasteiger partial charge in [0.05, 0.1) is 0 Å². The van der Waals surface area contributed by atoms with Crippen LogP contribution in [0.1, 0.15) is 41.4 Å².